The van der Waals surface area contributed by atoms with Gasteiger partial charge in [0.1, 0.15) is 0 Å². The Morgan fingerprint density at radius 1 is 1.45 bits per heavy atom. The molecule has 6 nitrogen and oxygen atoms in total. The number of carbonyl (C=O) groups excluding carboxylic acids is 1. The maximum absolute atomic E-state index is 11.9. The van der Waals surface area contributed by atoms with Gasteiger partial charge in [0, 0.05) is 13.6 Å². The minimum atomic E-state index is -1.13. The number of nitrogens with one attached hydrogen (secondary N) is 1. The van der Waals surface area contributed by atoms with E-state index in [1.165, 1.54) is 10.6 Å². The quantitative estimate of drug-likeness (QED) is 0.904. The summed E-state index contributed by atoms with van der Waals surface area (Å²) in [5.41, 5.74) is 1.29. The van der Waals surface area contributed by atoms with Crippen molar-refractivity contribution in [1.82, 2.24) is 14.9 Å². The number of halogens is 1. The molecule has 2 N–H and O–H groups in total. The summed E-state index contributed by atoms with van der Waals surface area (Å²) >= 11 is 6.09. The van der Waals surface area contributed by atoms with E-state index in [2.05, 4.69) is 10.3 Å². The Balaban J connectivity index is 2.52. The first kappa shape index (κ1) is 14.3. The minimum absolute atomic E-state index is 0.0952. The number of rotatable bonds is 4. The summed E-state index contributed by atoms with van der Waals surface area (Å²) in [4.78, 5) is 27.0. The number of fused-ring (bicyclic) bond motifs is 1. The predicted octanol–water partition coefficient (Wildman–Crippen LogP) is 2.06. The Morgan fingerprint density at radius 2 is 2.15 bits per heavy atom. The van der Waals surface area contributed by atoms with Crippen LogP contribution in [0.1, 0.15) is 34.3 Å². The summed E-state index contributed by atoms with van der Waals surface area (Å²) in [6.07, 6.45) is 0.818. The van der Waals surface area contributed by atoms with Gasteiger partial charge in [-0.05, 0) is 18.6 Å². The third-order valence-corrected chi connectivity index (χ3v) is 3.25. The number of aryl methyl sites for hydroxylation is 1. The number of amides is 1. The fourth-order valence-electron chi connectivity index (χ4n) is 1.91. The average molecular weight is 296 g/mol. The number of carboxylic acids is 1. The van der Waals surface area contributed by atoms with E-state index in [0.29, 0.717) is 23.1 Å². The normalized spacial score (nSPS) is 10.8. The molecule has 0 atom stereocenters. The number of aromatic nitrogens is 2. The van der Waals surface area contributed by atoms with E-state index in [1.807, 2.05) is 6.92 Å². The summed E-state index contributed by atoms with van der Waals surface area (Å²) in [6, 6.07) is 3.06. The summed E-state index contributed by atoms with van der Waals surface area (Å²) in [5.74, 6) is -1.51. The van der Waals surface area contributed by atoms with Gasteiger partial charge in [0.2, 0.25) is 5.82 Å². The van der Waals surface area contributed by atoms with Crippen molar-refractivity contribution in [3.63, 3.8) is 0 Å². The third-order valence-electron chi connectivity index (χ3n) is 2.94. The van der Waals surface area contributed by atoms with Gasteiger partial charge in [0.05, 0.1) is 21.6 Å². The molecule has 0 radical (unpaired) electrons. The van der Waals surface area contributed by atoms with E-state index in [-0.39, 0.29) is 16.8 Å². The van der Waals surface area contributed by atoms with E-state index in [1.54, 1.807) is 13.1 Å². The molecule has 0 unspecified atom stereocenters. The van der Waals surface area contributed by atoms with E-state index < -0.39 is 5.97 Å². The highest BCUT2D eigenvalue weighted by molar-refractivity contribution is 6.34. The fraction of sp³-hybridized carbons (Fsp3) is 0.308. The van der Waals surface area contributed by atoms with E-state index in [0.717, 1.165) is 6.42 Å². The number of hydrogen-bond donors (Lipinski definition) is 2. The highest BCUT2D eigenvalue weighted by Gasteiger charge is 2.18. The predicted molar refractivity (Wildman–Crippen MR) is 75.3 cm³/mol. The summed E-state index contributed by atoms with van der Waals surface area (Å²) in [5, 5.41) is 12.0. The van der Waals surface area contributed by atoms with Crippen molar-refractivity contribution in [2.24, 2.45) is 7.05 Å². The molecule has 1 heterocycles. The molecule has 0 aliphatic heterocycles. The first-order valence-electron chi connectivity index (χ1n) is 6.13. The zero-order valence-electron chi connectivity index (χ0n) is 11.1. The van der Waals surface area contributed by atoms with Crippen molar-refractivity contribution in [1.29, 1.82) is 0 Å². The molecule has 2 aromatic rings. The molecule has 1 aromatic heterocycles. The molecule has 1 amide bonds. The molecule has 0 saturated carbocycles. The summed E-state index contributed by atoms with van der Waals surface area (Å²) in [6.45, 7) is 2.50. The minimum Gasteiger partial charge on any atom is -0.475 e. The first-order valence-corrected chi connectivity index (χ1v) is 6.51. The first-order chi connectivity index (χ1) is 9.45. The number of hydrogen-bond acceptors (Lipinski definition) is 3. The lowest BCUT2D eigenvalue weighted by molar-refractivity contribution is 0.0680. The lowest BCUT2D eigenvalue weighted by Gasteiger charge is -2.06. The number of aromatic carboxylic acids is 1. The van der Waals surface area contributed by atoms with Crippen molar-refractivity contribution in [2.45, 2.75) is 13.3 Å². The molecule has 0 saturated heterocycles. The monoisotopic (exact) mass is 295 g/mol. The van der Waals surface area contributed by atoms with Crippen molar-refractivity contribution in [2.75, 3.05) is 6.54 Å². The standard InChI is InChI=1S/C13H14ClN3O3/c1-3-4-15-12(18)7-5-9-10(6-8(7)14)17(2)11(16-9)13(19)20/h5-6H,3-4H2,1-2H3,(H,15,18)(H,19,20). The number of benzene rings is 1. The highest BCUT2D eigenvalue weighted by atomic mass is 35.5. The van der Waals surface area contributed by atoms with Crippen LogP contribution in [0.4, 0.5) is 0 Å². The lowest BCUT2D eigenvalue weighted by atomic mass is 10.2. The van der Waals surface area contributed by atoms with Crippen LogP contribution in [-0.2, 0) is 7.05 Å². The zero-order chi connectivity index (χ0) is 14.9. The number of carbonyl (C=O) groups is 2. The van der Waals surface area contributed by atoms with E-state index in [9.17, 15) is 9.59 Å². The van der Waals surface area contributed by atoms with Gasteiger partial charge < -0.3 is 15.0 Å². The van der Waals surface area contributed by atoms with Gasteiger partial charge >= 0.3 is 5.97 Å². The molecule has 2 rings (SSSR count). The molecular weight excluding hydrogens is 282 g/mol. The van der Waals surface area contributed by atoms with Crippen LogP contribution in [0, 0.1) is 0 Å². The largest absolute Gasteiger partial charge is 0.475 e. The van der Waals surface area contributed by atoms with Crippen LogP contribution in [-0.4, -0.2) is 33.1 Å². The van der Waals surface area contributed by atoms with Crippen LogP contribution in [0.3, 0.4) is 0 Å². The summed E-state index contributed by atoms with van der Waals surface area (Å²) < 4.78 is 1.43. The second kappa shape index (κ2) is 5.50. The molecule has 0 aliphatic carbocycles. The van der Waals surface area contributed by atoms with Crippen molar-refractivity contribution in [3.05, 3.63) is 28.5 Å². The SMILES string of the molecule is CCCNC(=O)c1cc2nc(C(=O)O)n(C)c2cc1Cl. The maximum atomic E-state index is 11.9. The van der Waals surface area contributed by atoms with Crippen LogP contribution in [0.25, 0.3) is 11.0 Å². The Kier molecular flexibility index (Phi) is 3.94. The molecule has 106 valence electrons. The van der Waals surface area contributed by atoms with Crippen molar-refractivity contribution >= 4 is 34.5 Å². The van der Waals surface area contributed by atoms with E-state index >= 15 is 0 Å². The summed E-state index contributed by atoms with van der Waals surface area (Å²) in [7, 11) is 1.59. The molecule has 20 heavy (non-hydrogen) atoms. The number of nitrogens with zero attached hydrogens (tertiary/aromatic N) is 2. The molecule has 0 fully saturated rings. The second-order valence-corrected chi connectivity index (χ2v) is 4.78. The van der Waals surface area contributed by atoms with Gasteiger partial charge in [-0.25, -0.2) is 9.78 Å². The van der Waals surface area contributed by atoms with Gasteiger partial charge in [0.25, 0.3) is 5.91 Å². The molecule has 0 aliphatic rings. The van der Waals surface area contributed by atoms with Gasteiger partial charge in [-0.3, -0.25) is 4.79 Å². The van der Waals surface area contributed by atoms with Crippen LogP contribution < -0.4 is 5.32 Å². The molecule has 1 aromatic carbocycles. The highest BCUT2D eigenvalue weighted by Crippen LogP contribution is 2.24. The maximum Gasteiger partial charge on any atom is 0.372 e. The Morgan fingerprint density at radius 3 is 2.75 bits per heavy atom. The number of imidazole rings is 1. The van der Waals surface area contributed by atoms with Crippen LogP contribution in [0.2, 0.25) is 5.02 Å². The Labute approximate surface area is 120 Å². The Hall–Kier alpha value is -2.08. The molecule has 7 heteroatoms. The van der Waals surface area contributed by atoms with Crippen LogP contribution >= 0.6 is 11.6 Å². The fourth-order valence-corrected chi connectivity index (χ4v) is 2.16. The molecular formula is C13H14ClN3O3. The smallest absolute Gasteiger partial charge is 0.372 e. The molecule has 0 spiro atoms. The van der Waals surface area contributed by atoms with Crippen molar-refractivity contribution in [3.8, 4) is 0 Å². The van der Waals surface area contributed by atoms with Crippen molar-refractivity contribution < 1.29 is 14.7 Å². The third kappa shape index (κ3) is 2.46. The average Bonchev–Trinajstić information content (AvgIpc) is 2.72. The zero-order valence-corrected chi connectivity index (χ0v) is 11.9. The van der Waals surface area contributed by atoms with Crippen LogP contribution in [0.15, 0.2) is 12.1 Å². The van der Waals surface area contributed by atoms with Gasteiger partial charge in [-0.2, -0.15) is 0 Å². The second-order valence-electron chi connectivity index (χ2n) is 4.38. The van der Waals surface area contributed by atoms with Gasteiger partial charge in [0.15, 0.2) is 0 Å². The Bertz CT molecular complexity index is 694. The van der Waals surface area contributed by atoms with Gasteiger partial charge in [-0.1, -0.05) is 18.5 Å². The topological polar surface area (TPSA) is 84.2 Å². The van der Waals surface area contributed by atoms with E-state index in [4.69, 9.17) is 16.7 Å². The van der Waals surface area contributed by atoms with Crippen LogP contribution in [0.5, 0.6) is 0 Å². The number of carboxylic acid groups (broad SMARTS) is 1. The lowest BCUT2D eigenvalue weighted by Crippen LogP contribution is -2.24. The molecule has 0 bridgehead atoms. The van der Waals surface area contributed by atoms with Gasteiger partial charge in [-0.15, -0.1) is 0 Å².